The maximum Gasteiger partial charge on any atom is 0.171 e. The lowest BCUT2D eigenvalue weighted by molar-refractivity contribution is 0.399. The van der Waals surface area contributed by atoms with Gasteiger partial charge < -0.3 is 15.0 Å². The molecule has 1 aliphatic rings. The van der Waals surface area contributed by atoms with E-state index in [1.54, 1.807) is 7.11 Å². The third-order valence-corrected chi connectivity index (χ3v) is 3.30. The summed E-state index contributed by atoms with van der Waals surface area (Å²) in [5.74, 6) is 1.83. The van der Waals surface area contributed by atoms with Crippen molar-refractivity contribution in [2.75, 3.05) is 31.6 Å². The van der Waals surface area contributed by atoms with Crippen LogP contribution in [0.1, 0.15) is 19.8 Å². The molecule has 1 aliphatic heterocycles. The number of hydrogen-bond donors (Lipinski definition) is 1. The maximum atomic E-state index is 5.39. The normalized spacial score (nSPS) is 20.0. The van der Waals surface area contributed by atoms with E-state index in [0.29, 0.717) is 6.04 Å². The van der Waals surface area contributed by atoms with Crippen molar-refractivity contribution >= 4 is 5.82 Å². The Kier molecular flexibility index (Phi) is 4.20. The van der Waals surface area contributed by atoms with Crippen molar-refractivity contribution in [2.24, 2.45) is 0 Å². The van der Waals surface area contributed by atoms with E-state index in [1.807, 2.05) is 18.3 Å². The van der Waals surface area contributed by atoms with Gasteiger partial charge in [-0.3, -0.25) is 0 Å². The predicted molar refractivity (Wildman–Crippen MR) is 69.7 cm³/mol. The number of ether oxygens (including phenoxy) is 1. The van der Waals surface area contributed by atoms with Crippen LogP contribution in [0.4, 0.5) is 5.82 Å². The lowest BCUT2D eigenvalue weighted by Crippen LogP contribution is -2.46. The Hall–Kier alpha value is -1.29. The minimum Gasteiger partial charge on any atom is -0.493 e. The van der Waals surface area contributed by atoms with Crippen LogP contribution in [0.2, 0.25) is 0 Å². The van der Waals surface area contributed by atoms with Crippen LogP contribution in [0.5, 0.6) is 5.75 Å². The fourth-order valence-corrected chi connectivity index (χ4v) is 2.44. The Morgan fingerprint density at radius 3 is 3.12 bits per heavy atom. The largest absolute Gasteiger partial charge is 0.493 e. The van der Waals surface area contributed by atoms with Crippen molar-refractivity contribution in [3.05, 3.63) is 18.3 Å². The highest BCUT2D eigenvalue weighted by atomic mass is 16.5. The summed E-state index contributed by atoms with van der Waals surface area (Å²) in [6.45, 7) is 5.30. The number of piperidine rings is 1. The Morgan fingerprint density at radius 1 is 1.59 bits per heavy atom. The van der Waals surface area contributed by atoms with E-state index in [9.17, 15) is 0 Å². The topological polar surface area (TPSA) is 37.4 Å². The zero-order valence-electron chi connectivity index (χ0n) is 10.6. The van der Waals surface area contributed by atoms with Crippen molar-refractivity contribution in [3.63, 3.8) is 0 Å². The first-order valence-corrected chi connectivity index (χ1v) is 6.33. The van der Waals surface area contributed by atoms with Crippen LogP contribution in [0.15, 0.2) is 18.3 Å². The standard InChI is InChI=1S/C13H21N3O/c1-3-16(11-6-4-8-14-10-11)13-12(17-2)7-5-9-15-13/h5,7,9,11,14H,3-4,6,8,10H2,1-2H3. The van der Waals surface area contributed by atoms with E-state index in [2.05, 4.69) is 22.1 Å². The van der Waals surface area contributed by atoms with Crippen LogP contribution in [0.3, 0.4) is 0 Å². The van der Waals surface area contributed by atoms with Crippen molar-refractivity contribution in [3.8, 4) is 5.75 Å². The van der Waals surface area contributed by atoms with Gasteiger partial charge in [0.1, 0.15) is 0 Å². The summed E-state index contributed by atoms with van der Waals surface area (Å²) in [6, 6.07) is 4.41. The monoisotopic (exact) mass is 235 g/mol. The van der Waals surface area contributed by atoms with Gasteiger partial charge >= 0.3 is 0 Å². The van der Waals surface area contributed by atoms with Crippen LogP contribution >= 0.6 is 0 Å². The van der Waals surface area contributed by atoms with Crippen LogP contribution in [-0.4, -0.2) is 37.8 Å². The van der Waals surface area contributed by atoms with E-state index in [-0.39, 0.29) is 0 Å². The molecule has 4 heteroatoms. The van der Waals surface area contributed by atoms with Crippen molar-refractivity contribution in [1.29, 1.82) is 0 Å². The van der Waals surface area contributed by atoms with E-state index in [4.69, 9.17) is 4.74 Å². The summed E-state index contributed by atoms with van der Waals surface area (Å²) >= 11 is 0. The molecule has 1 aromatic rings. The van der Waals surface area contributed by atoms with Gasteiger partial charge in [0.25, 0.3) is 0 Å². The molecule has 1 fully saturated rings. The molecule has 1 unspecified atom stereocenters. The van der Waals surface area contributed by atoms with Crippen molar-refractivity contribution < 1.29 is 4.74 Å². The second-order valence-corrected chi connectivity index (χ2v) is 4.32. The van der Waals surface area contributed by atoms with Gasteiger partial charge in [-0.1, -0.05) is 0 Å². The number of pyridine rings is 1. The number of nitrogens with zero attached hydrogens (tertiary/aromatic N) is 2. The molecule has 2 rings (SSSR count). The van der Waals surface area contributed by atoms with E-state index < -0.39 is 0 Å². The molecule has 0 aliphatic carbocycles. The van der Waals surface area contributed by atoms with E-state index in [0.717, 1.165) is 31.2 Å². The Morgan fingerprint density at radius 2 is 2.47 bits per heavy atom. The van der Waals surface area contributed by atoms with E-state index in [1.165, 1.54) is 12.8 Å². The van der Waals surface area contributed by atoms with E-state index >= 15 is 0 Å². The minimum atomic E-state index is 0.526. The maximum absolute atomic E-state index is 5.39. The average Bonchev–Trinajstić information content (AvgIpc) is 2.41. The molecule has 17 heavy (non-hydrogen) atoms. The number of methoxy groups -OCH3 is 1. The highest BCUT2D eigenvalue weighted by Crippen LogP contribution is 2.27. The van der Waals surface area contributed by atoms with Crippen molar-refractivity contribution in [2.45, 2.75) is 25.8 Å². The smallest absolute Gasteiger partial charge is 0.171 e. The highest BCUT2D eigenvalue weighted by molar-refractivity contribution is 5.52. The lowest BCUT2D eigenvalue weighted by atomic mass is 10.1. The molecule has 1 aromatic heterocycles. The molecule has 0 spiro atoms. The van der Waals surface area contributed by atoms with Gasteiger partial charge in [-0.05, 0) is 38.4 Å². The van der Waals surface area contributed by atoms with Gasteiger partial charge in [-0.25, -0.2) is 4.98 Å². The lowest BCUT2D eigenvalue weighted by Gasteiger charge is -2.35. The Labute approximate surface area is 103 Å². The molecular weight excluding hydrogens is 214 g/mol. The molecule has 4 nitrogen and oxygen atoms in total. The minimum absolute atomic E-state index is 0.526. The van der Waals surface area contributed by atoms with Gasteiger partial charge in [0.2, 0.25) is 0 Å². The summed E-state index contributed by atoms with van der Waals surface area (Å²) in [5.41, 5.74) is 0. The number of anilines is 1. The SMILES string of the molecule is CCN(c1ncccc1OC)C1CCCNC1. The highest BCUT2D eigenvalue weighted by Gasteiger charge is 2.22. The van der Waals surface area contributed by atoms with Gasteiger partial charge in [0.15, 0.2) is 11.6 Å². The van der Waals surface area contributed by atoms with Gasteiger partial charge in [0.05, 0.1) is 7.11 Å². The van der Waals surface area contributed by atoms with Crippen LogP contribution in [0.25, 0.3) is 0 Å². The zero-order chi connectivity index (χ0) is 12.1. The summed E-state index contributed by atoms with van der Waals surface area (Å²) < 4.78 is 5.39. The molecule has 0 amide bonds. The number of aromatic nitrogens is 1. The number of rotatable bonds is 4. The van der Waals surface area contributed by atoms with Crippen LogP contribution < -0.4 is 15.0 Å². The third-order valence-electron chi connectivity index (χ3n) is 3.30. The van der Waals surface area contributed by atoms with Crippen molar-refractivity contribution in [1.82, 2.24) is 10.3 Å². The quantitative estimate of drug-likeness (QED) is 0.861. The van der Waals surface area contributed by atoms with Crippen LogP contribution in [-0.2, 0) is 0 Å². The Balaban J connectivity index is 2.21. The molecule has 0 radical (unpaired) electrons. The summed E-state index contributed by atoms with van der Waals surface area (Å²) in [5, 5.41) is 3.45. The average molecular weight is 235 g/mol. The first-order valence-electron chi connectivity index (χ1n) is 6.33. The molecule has 0 aromatic carbocycles. The van der Waals surface area contributed by atoms with Gasteiger partial charge in [0, 0.05) is 25.3 Å². The second kappa shape index (κ2) is 5.87. The Bertz CT molecular complexity index is 350. The zero-order valence-corrected chi connectivity index (χ0v) is 10.6. The molecule has 1 atom stereocenters. The molecule has 94 valence electrons. The first-order chi connectivity index (χ1) is 8.36. The fourth-order valence-electron chi connectivity index (χ4n) is 2.44. The number of nitrogens with one attached hydrogen (secondary N) is 1. The van der Waals surface area contributed by atoms with Gasteiger partial charge in [-0.2, -0.15) is 0 Å². The molecular formula is C13H21N3O. The molecule has 1 saturated heterocycles. The summed E-state index contributed by atoms with van der Waals surface area (Å²) in [6.07, 6.45) is 4.29. The first kappa shape index (κ1) is 12.2. The molecule has 0 saturated carbocycles. The third kappa shape index (κ3) is 2.69. The fraction of sp³-hybridized carbons (Fsp3) is 0.615. The summed E-state index contributed by atoms with van der Waals surface area (Å²) in [4.78, 5) is 6.81. The number of likely N-dealkylation sites (N-methyl/N-ethyl adjacent to an activating group) is 1. The predicted octanol–water partition coefficient (Wildman–Crippen LogP) is 1.67. The van der Waals surface area contributed by atoms with Gasteiger partial charge in [-0.15, -0.1) is 0 Å². The number of hydrogen-bond acceptors (Lipinski definition) is 4. The van der Waals surface area contributed by atoms with Crippen LogP contribution in [0, 0.1) is 0 Å². The summed E-state index contributed by atoms with van der Waals surface area (Å²) in [7, 11) is 1.70. The molecule has 2 heterocycles. The molecule has 0 bridgehead atoms. The second-order valence-electron chi connectivity index (χ2n) is 4.32. The molecule has 1 N–H and O–H groups in total.